The number of aliphatic carboxylic acids is 1. The van der Waals surface area contributed by atoms with Crippen molar-refractivity contribution in [2.45, 2.75) is 25.8 Å². The standard InChI is InChI=1S/C21H21FIN3O6S/c1-24-20(29)18-14-10-15(23)16(11-26(33(30)31)9-3-2-4-17(27)28)25-21(14)32-19(18)12-5-7-13(22)8-6-12/h5-8,10H,2-4,9,11H2,1H3,(H,24,29)(H,27,28)(H,30,31). The van der Waals surface area contributed by atoms with E-state index < -0.39 is 29.0 Å². The molecule has 1 atom stereocenters. The van der Waals surface area contributed by atoms with Gasteiger partial charge in [0.15, 0.2) is 0 Å². The Morgan fingerprint density at radius 3 is 2.58 bits per heavy atom. The minimum Gasteiger partial charge on any atom is -0.481 e. The van der Waals surface area contributed by atoms with Gasteiger partial charge in [0, 0.05) is 29.1 Å². The number of carbonyl (C=O) groups is 2. The lowest BCUT2D eigenvalue weighted by Crippen LogP contribution is -2.27. The van der Waals surface area contributed by atoms with Gasteiger partial charge in [-0.3, -0.25) is 14.1 Å². The van der Waals surface area contributed by atoms with Crippen molar-refractivity contribution in [2.24, 2.45) is 0 Å². The number of hydrogen-bond donors (Lipinski definition) is 3. The zero-order valence-corrected chi connectivity index (χ0v) is 20.5. The monoisotopic (exact) mass is 589 g/mol. The van der Waals surface area contributed by atoms with E-state index in [1.807, 2.05) is 22.6 Å². The van der Waals surface area contributed by atoms with E-state index in [9.17, 15) is 22.7 Å². The summed E-state index contributed by atoms with van der Waals surface area (Å²) in [5.74, 6) is -1.50. The van der Waals surface area contributed by atoms with Crippen LogP contribution < -0.4 is 5.32 Å². The lowest BCUT2D eigenvalue weighted by molar-refractivity contribution is -0.137. The molecule has 9 nitrogen and oxygen atoms in total. The Hall–Kier alpha value is -2.42. The van der Waals surface area contributed by atoms with Crippen LogP contribution in [0.1, 0.15) is 35.3 Å². The molecule has 0 saturated heterocycles. The van der Waals surface area contributed by atoms with E-state index in [-0.39, 0.29) is 36.5 Å². The maximum atomic E-state index is 13.4. The third-order valence-corrected chi connectivity index (χ3v) is 6.55. The number of benzene rings is 1. The van der Waals surface area contributed by atoms with Crippen molar-refractivity contribution in [1.82, 2.24) is 14.6 Å². The van der Waals surface area contributed by atoms with Gasteiger partial charge in [-0.2, -0.15) is 4.31 Å². The zero-order chi connectivity index (χ0) is 24.1. The van der Waals surface area contributed by atoms with Gasteiger partial charge in [0.05, 0.1) is 23.2 Å². The summed E-state index contributed by atoms with van der Waals surface area (Å²) in [7, 11) is 1.49. The SMILES string of the molecule is CNC(=O)c1c(-c2ccc(F)cc2)oc2nc(CN(CCCCC(=O)O)S(=O)O)c(I)cc12. The molecule has 1 amide bonds. The van der Waals surface area contributed by atoms with Crippen molar-refractivity contribution in [3.63, 3.8) is 0 Å². The third-order valence-electron chi connectivity index (χ3n) is 4.86. The van der Waals surface area contributed by atoms with Crippen LogP contribution in [0.25, 0.3) is 22.4 Å². The summed E-state index contributed by atoms with van der Waals surface area (Å²) in [6.45, 7) is 0.223. The van der Waals surface area contributed by atoms with Gasteiger partial charge in [0.25, 0.3) is 5.91 Å². The van der Waals surface area contributed by atoms with Crippen LogP contribution in [0.3, 0.4) is 0 Å². The number of carboxylic acid groups (broad SMARTS) is 1. The van der Waals surface area contributed by atoms with Crippen LogP contribution in [0.2, 0.25) is 0 Å². The lowest BCUT2D eigenvalue weighted by atomic mass is 10.1. The molecule has 33 heavy (non-hydrogen) atoms. The molecule has 0 fully saturated rings. The number of nitrogens with zero attached hydrogens (tertiary/aromatic N) is 2. The number of hydrogen-bond acceptors (Lipinski definition) is 5. The quantitative estimate of drug-likeness (QED) is 0.186. The highest BCUT2D eigenvalue weighted by molar-refractivity contribution is 14.1. The number of fused-ring (bicyclic) bond motifs is 1. The molecule has 1 unspecified atom stereocenters. The first-order valence-corrected chi connectivity index (χ1v) is 12.0. The minimum atomic E-state index is -2.29. The smallest absolute Gasteiger partial charge is 0.303 e. The number of amides is 1. The molecule has 1 aromatic carbocycles. The Kier molecular flexibility index (Phi) is 8.51. The van der Waals surface area contributed by atoms with Crippen molar-refractivity contribution in [1.29, 1.82) is 0 Å². The fourth-order valence-electron chi connectivity index (χ4n) is 3.24. The molecule has 0 aliphatic heterocycles. The molecule has 176 valence electrons. The van der Waals surface area contributed by atoms with Crippen LogP contribution in [0, 0.1) is 9.39 Å². The van der Waals surface area contributed by atoms with Gasteiger partial charge in [-0.15, -0.1) is 0 Å². The highest BCUT2D eigenvalue weighted by atomic mass is 127. The summed E-state index contributed by atoms with van der Waals surface area (Å²) in [6, 6.07) is 7.23. The number of nitrogens with one attached hydrogen (secondary N) is 1. The Morgan fingerprint density at radius 2 is 1.97 bits per heavy atom. The van der Waals surface area contributed by atoms with Crippen LogP contribution >= 0.6 is 22.6 Å². The fraction of sp³-hybridized carbons (Fsp3) is 0.286. The molecule has 0 spiro atoms. The van der Waals surface area contributed by atoms with Gasteiger partial charge in [-0.05, 0) is 65.8 Å². The molecule has 0 radical (unpaired) electrons. The van der Waals surface area contributed by atoms with Gasteiger partial charge < -0.3 is 14.8 Å². The van der Waals surface area contributed by atoms with Crippen LogP contribution in [-0.4, -0.2) is 48.6 Å². The van der Waals surface area contributed by atoms with Crippen molar-refractivity contribution >= 4 is 56.8 Å². The Bertz CT molecular complexity index is 1200. The molecule has 0 saturated carbocycles. The normalized spacial score (nSPS) is 12.3. The van der Waals surface area contributed by atoms with Crippen LogP contribution in [0.4, 0.5) is 4.39 Å². The summed E-state index contributed by atoms with van der Waals surface area (Å²) in [5.41, 5.74) is 1.39. The van der Waals surface area contributed by atoms with Crippen molar-refractivity contribution in [3.05, 3.63) is 51.0 Å². The van der Waals surface area contributed by atoms with E-state index in [1.165, 1.54) is 35.6 Å². The summed E-state index contributed by atoms with van der Waals surface area (Å²) >= 11 is -0.259. The second-order valence-corrected chi connectivity index (χ2v) is 9.25. The molecular formula is C21H21FIN3O6S. The van der Waals surface area contributed by atoms with Crippen molar-refractivity contribution in [3.8, 4) is 11.3 Å². The molecule has 0 bridgehead atoms. The van der Waals surface area contributed by atoms with E-state index in [0.29, 0.717) is 33.1 Å². The number of pyridine rings is 1. The minimum absolute atomic E-state index is 0.0194. The maximum absolute atomic E-state index is 13.4. The molecular weight excluding hydrogens is 568 g/mol. The van der Waals surface area contributed by atoms with E-state index in [2.05, 4.69) is 10.3 Å². The first kappa shape index (κ1) is 25.2. The summed E-state index contributed by atoms with van der Waals surface area (Å²) < 4.78 is 42.6. The molecule has 0 aliphatic carbocycles. The van der Waals surface area contributed by atoms with E-state index >= 15 is 0 Å². The summed E-state index contributed by atoms with van der Waals surface area (Å²) in [6.07, 6.45) is 0.781. The second-order valence-electron chi connectivity index (χ2n) is 7.11. The molecule has 0 aliphatic rings. The van der Waals surface area contributed by atoms with Crippen LogP contribution in [0.15, 0.2) is 34.7 Å². The van der Waals surface area contributed by atoms with Crippen molar-refractivity contribution in [2.75, 3.05) is 13.6 Å². The van der Waals surface area contributed by atoms with Gasteiger partial charge in [0.1, 0.15) is 11.6 Å². The first-order valence-electron chi connectivity index (χ1n) is 9.89. The number of halogens is 2. The molecule has 3 N–H and O–H groups in total. The van der Waals surface area contributed by atoms with E-state index in [4.69, 9.17) is 9.52 Å². The van der Waals surface area contributed by atoms with Crippen LogP contribution in [-0.2, 0) is 22.6 Å². The average molecular weight is 589 g/mol. The highest BCUT2D eigenvalue weighted by Crippen LogP contribution is 2.34. The van der Waals surface area contributed by atoms with Gasteiger partial charge >= 0.3 is 5.97 Å². The molecule has 2 heterocycles. The fourth-order valence-corrected chi connectivity index (χ4v) is 4.37. The molecule has 3 rings (SSSR count). The lowest BCUT2D eigenvalue weighted by Gasteiger charge is -2.17. The predicted molar refractivity (Wildman–Crippen MR) is 128 cm³/mol. The molecule has 2 aromatic heterocycles. The van der Waals surface area contributed by atoms with Crippen molar-refractivity contribution < 1.29 is 32.3 Å². The Morgan fingerprint density at radius 1 is 1.27 bits per heavy atom. The predicted octanol–water partition coefficient (Wildman–Crippen LogP) is 3.79. The largest absolute Gasteiger partial charge is 0.481 e. The van der Waals surface area contributed by atoms with Gasteiger partial charge in [0.2, 0.25) is 17.0 Å². The number of carboxylic acids is 1. The van der Waals surface area contributed by atoms with E-state index in [0.717, 1.165) is 0 Å². The maximum Gasteiger partial charge on any atom is 0.303 e. The Balaban J connectivity index is 1.97. The third kappa shape index (κ3) is 6.13. The number of rotatable bonds is 10. The Labute approximate surface area is 204 Å². The number of aromatic nitrogens is 1. The summed E-state index contributed by atoms with van der Waals surface area (Å²) in [4.78, 5) is 27.8. The van der Waals surface area contributed by atoms with Gasteiger partial charge in [-0.25, -0.2) is 13.6 Å². The first-order chi connectivity index (χ1) is 15.7. The number of carbonyl (C=O) groups excluding carboxylic acids is 1. The summed E-state index contributed by atoms with van der Waals surface area (Å²) in [5, 5.41) is 11.8. The van der Waals surface area contributed by atoms with Gasteiger partial charge in [-0.1, -0.05) is 0 Å². The number of furan rings is 1. The van der Waals surface area contributed by atoms with Crippen LogP contribution in [0.5, 0.6) is 0 Å². The molecule has 3 aromatic rings. The highest BCUT2D eigenvalue weighted by Gasteiger charge is 2.24. The molecule has 12 heteroatoms. The average Bonchev–Trinajstić information content (AvgIpc) is 3.13. The number of unbranched alkanes of at least 4 members (excludes halogenated alkanes) is 1. The topological polar surface area (TPSA) is 133 Å². The second kappa shape index (κ2) is 11.1. The zero-order valence-electron chi connectivity index (χ0n) is 17.5. The van der Waals surface area contributed by atoms with E-state index in [1.54, 1.807) is 6.07 Å².